The quantitative estimate of drug-likeness (QED) is 0.413. The van der Waals surface area contributed by atoms with Crippen LogP contribution in [0.25, 0.3) is 0 Å². The first-order valence-electron chi connectivity index (χ1n) is 3.66. The Kier molecular flexibility index (Phi) is 4.06. The van der Waals surface area contributed by atoms with Gasteiger partial charge in [-0.1, -0.05) is 0 Å². The van der Waals surface area contributed by atoms with Gasteiger partial charge in [-0.15, -0.1) is 0 Å². The molecule has 0 aliphatic carbocycles. The first-order valence-corrected chi connectivity index (χ1v) is 3.66. The maximum absolute atomic E-state index is 5.03. The summed E-state index contributed by atoms with van der Waals surface area (Å²) in [7, 11) is 3.99. The van der Waals surface area contributed by atoms with E-state index < -0.39 is 0 Å². The van der Waals surface area contributed by atoms with Crippen LogP contribution in [0.3, 0.4) is 0 Å². The third-order valence-corrected chi connectivity index (χ3v) is 1.62. The minimum absolute atomic E-state index is 0.263. The van der Waals surface area contributed by atoms with Gasteiger partial charge in [-0.2, -0.15) is 0 Å². The summed E-state index contributed by atoms with van der Waals surface area (Å²) in [5.41, 5.74) is 0. The summed E-state index contributed by atoms with van der Waals surface area (Å²) in [5.74, 6) is 0. The summed E-state index contributed by atoms with van der Waals surface area (Å²) in [5, 5.41) is 8.91. The lowest BCUT2D eigenvalue weighted by Gasteiger charge is -2.28. The molecule has 0 aromatic rings. The van der Waals surface area contributed by atoms with E-state index in [2.05, 4.69) is 15.4 Å². The smallest absolute Gasteiger partial charge is 0.412 e. The molecule has 1 heterocycles. The van der Waals surface area contributed by atoms with E-state index in [-0.39, 0.29) is 21.6 Å². The molecule has 0 spiro atoms. The van der Waals surface area contributed by atoms with E-state index in [1.165, 1.54) is 0 Å². The number of hydrogen-bond acceptors (Lipinski definition) is 6. The van der Waals surface area contributed by atoms with Crippen molar-refractivity contribution in [2.75, 3.05) is 21.3 Å². The molecule has 0 unspecified atom stereocenters. The van der Waals surface area contributed by atoms with Crippen molar-refractivity contribution >= 4 is 21.6 Å². The molecule has 0 amide bonds. The minimum atomic E-state index is -0.263. The molecule has 1 aliphatic rings. The highest BCUT2D eigenvalue weighted by Crippen LogP contribution is 1.87. The summed E-state index contributed by atoms with van der Waals surface area (Å²) >= 11 is 0. The van der Waals surface area contributed by atoms with Gasteiger partial charge >= 0.3 is 21.6 Å². The van der Waals surface area contributed by atoms with Crippen molar-refractivity contribution < 1.29 is 14.0 Å². The van der Waals surface area contributed by atoms with Crippen LogP contribution in [0.5, 0.6) is 0 Å². The normalized spacial score (nSPS) is 18.8. The molecule has 0 bridgehead atoms. The molecule has 1 saturated heterocycles. The number of rotatable bonds is 3. The lowest BCUT2D eigenvalue weighted by molar-refractivity contribution is 0.356. The molecule has 1 rings (SSSR count). The van der Waals surface area contributed by atoms with Gasteiger partial charge < -0.3 is 29.4 Å². The van der Waals surface area contributed by atoms with Crippen molar-refractivity contribution in [3.05, 3.63) is 0 Å². The SMILES string of the molecule is COB1NB(OC)NB(OC)N1. The van der Waals surface area contributed by atoms with Crippen LogP contribution in [0.15, 0.2) is 0 Å². The van der Waals surface area contributed by atoms with Crippen LogP contribution in [-0.2, 0) is 14.0 Å². The molecule has 0 atom stereocenters. The molecule has 12 heavy (non-hydrogen) atoms. The highest BCUT2D eigenvalue weighted by Gasteiger charge is 2.38. The van der Waals surface area contributed by atoms with E-state index in [0.717, 1.165) is 0 Å². The van der Waals surface area contributed by atoms with Gasteiger partial charge in [0, 0.05) is 21.3 Å². The van der Waals surface area contributed by atoms with Crippen molar-refractivity contribution in [2.24, 2.45) is 0 Å². The fraction of sp³-hybridized carbons (Fsp3) is 1.00. The van der Waals surface area contributed by atoms with E-state index in [1.807, 2.05) is 0 Å². The lowest BCUT2D eigenvalue weighted by Crippen LogP contribution is -2.76. The van der Waals surface area contributed by atoms with E-state index in [1.54, 1.807) is 21.3 Å². The Morgan fingerprint density at radius 2 is 0.917 bits per heavy atom. The summed E-state index contributed by atoms with van der Waals surface area (Å²) in [4.78, 5) is 0. The molecule has 0 aromatic carbocycles. The molecular weight excluding hydrogens is 158 g/mol. The van der Waals surface area contributed by atoms with Crippen molar-refractivity contribution in [3.8, 4) is 0 Å². The molecule has 6 nitrogen and oxygen atoms in total. The molecule has 0 saturated carbocycles. The standard InChI is InChI=1S/C3H12B3N3O3/c1-10-4-7-5(11-2)9-6(8-4)12-3/h7-9H,1-3H3. The Bertz CT molecular complexity index is 111. The van der Waals surface area contributed by atoms with E-state index in [4.69, 9.17) is 14.0 Å². The van der Waals surface area contributed by atoms with Crippen LogP contribution in [0.4, 0.5) is 0 Å². The fourth-order valence-corrected chi connectivity index (χ4v) is 0.965. The van der Waals surface area contributed by atoms with Crippen LogP contribution in [0.2, 0.25) is 0 Å². The zero-order chi connectivity index (χ0) is 8.97. The third kappa shape index (κ3) is 2.48. The van der Waals surface area contributed by atoms with Gasteiger partial charge in [0.05, 0.1) is 0 Å². The van der Waals surface area contributed by atoms with E-state index in [0.29, 0.717) is 0 Å². The molecule has 0 aromatic heterocycles. The maximum atomic E-state index is 5.03. The Labute approximate surface area is 73.2 Å². The molecule has 0 radical (unpaired) electrons. The number of nitrogens with one attached hydrogen (secondary N) is 3. The van der Waals surface area contributed by atoms with Gasteiger partial charge in [-0.05, 0) is 0 Å². The molecule has 1 aliphatic heterocycles. The predicted octanol–water partition coefficient (Wildman–Crippen LogP) is -2.34. The van der Waals surface area contributed by atoms with Gasteiger partial charge in [0.25, 0.3) is 0 Å². The zero-order valence-electron chi connectivity index (χ0n) is 7.46. The van der Waals surface area contributed by atoms with Gasteiger partial charge in [-0.25, -0.2) is 0 Å². The average molecular weight is 171 g/mol. The van der Waals surface area contributed by atoms with Crippen molar-refractivity contribution in [3.63, 3.8) is 0 Å². The molecular formula is C3H12B3N3O3. The van der Waals surface area contributed by atoms with Gasteiger partial charge in [0.2, 0.25) is 0 Å². The number of hydrogen-bond donors (Lipinski definition) is 3. The largest absolute Gasteiger partial charge is 0.456 e. The van der Waals surface area contributed by atoms with E-state index >= 15 is 0 Å². The first kappa shape index (κ1) is 10.0. The summed E-state index contributed by atoms with van der Waals surface area (Å²) in [6.07, 6.45) is 0. The first-order chi connectivity index (χ1) is 5.80. The second kappa shape index (κ2) is 4.85. The topological polar surface area (TPSA) is 63.8 Å². The molecule has 66 valence electrons. The Hall–Kier alpha value is -0.0452. The van der Waals surface area contributed by atoms with Crippen molar-refractivity contribution in [1.82, 2.24) is 15.4 Å². The van der Waals surface area contributed by atoms with Crippen LogP contribution in [0.1, 0.15) is 0 Å². The zero-order valence-corrected chi connectivity index (χ0v) is 7.46. The Morgan fingerprint density at radius 1 is 0.667 bits per heavy atom. The van der Waals surface area contributed by atoms with Crippen LogP contribution in [-0.4, -0.2) is 42.9 Å². The van der Waals surface area contributed by atoms with Gasteiger partial charge in [0.1, 0.15) is 0 Å². The molecule has 1 fully saturated rings. The van der Waals surface area contributed by atoms with Crippen LogP contribution in [0, 0.1) is 0 Å². The average Bonchev–Trinajstić information content (AvgIpc) is 2.16. The summed E-state index contributed by atoms with van der Waals surface area (Å²) in [6.45, 7) is 0. The van der Waals surface area contributed by atoms with Crippen LogP contribution >= 0.6 is 0 Å². The van der Waals surface area contributed by atoms with Crippen LogP contribution < -0.4 is 15.4 Å². The Balaban J connectivity index is 2.41. The van der Waals surface area contributed by atoms with Crippen molar-refractivity contribution in [1.29, 1.82) is 0 Å². The summed E-state index contributed by atoms with van der Waals surface area (Å²) in [6, 6.07) is 0. The maximum Gasteiger partial charge on any atom is 0.456 e. The Morgan fingerprint density at radius 3 is 1.08 bits per heavy atom. The lowest BCUT2D eigenvalue weighted by atomic mass is 9.71. The third-order valence-electron chi connectivity index (χ3n) is 1.62. The predicted molar refractivity (Wildman–Crippen MR) is 47.7 cm³/mol. The van der Waals surface area contributed by atoms with Gasteiger partial charge in [0.15, 0.2) is 0 Å². The monoisotopic (exact) mass is 171 g/mol. The second-order valence-corrected chi connectivity index (χ2v) is 2.35. The highest BCUT2D eigenvalue weighted by atomic mass is 16.5. The second-order valence-electron chi connectivity index (χ2n) is 2.35. The van der Waals surface area contributed by atoms with Gasteiger partial charge in [-0.3, -0.25) is 0 Å². The molecule has 9 heteroatoms. The minimum Gasteiger partial charge on any atom is -0.412 e. The van der Waals surface area contributed by atoms with Crippen molar-refractivity contribution in [2.45, 2.75) is 0 Å². The highest BCUT2D eigenvalue weighted by molar-refractivity contribution is 6.81. The molecule has 3 N–H and O–H groups in total. The van der Waals surface area contributed by atoms with E-state index in [9.17, 15) is 0 Å². The fourth-order valence-electron chi connectivity index (χ4n) is 0.965. The summed E-state index contributed by atoms with van der Waals surface area (Å²) < 4.78 is 15.1.